The zero-order valence-corrected chi connectivity index (χ0v) is 40.6. The molecule has 0 aliphatic rings. The summed E-state index contributed by atoms with van der Waals surface area (Å²) in [5.74, 6) is 2.56. The van der Waals surface area contributed by atoms with Crippen molar-refractivity contribution < 1.29 is 28.6 Å². The molecule has 12 nitrogen and oxygen atoms in total. The lowest BCUT2D eigenvalue weighted by Crippen LogP contribution is -2.52. The Kier molecular flexibility index (Phi) is 30.3. The second kappa shape index (κ2) is 33.8. The maximum Gasteiger partial charge on any atom is 0.241 e. The highest BCUT2D eigenvalue weighted by atomic mass is 16.5. The Bertz CT molecular complexity index is 1690. The fraction of sp³-hybridized carbons (Fsp3) is 0.588. The maximum atomic E-state index is 12.1. The number of unbranched alkanes of at least 4 members (excludes halogenated alkanes) is 5. The van der Waals surface area contributed by atoms with Gasteiger partial charge in [0.15, 0.2) is 0 Å². The topological polar surface area (TPSA) is 156 Å². The van der Waals surface area contributed by atoms with Gasteiger partial charge in [0.05, 0.1) is 37.4 Å². The molecule has 3 amide bonds. The van der Waals surface area contributed by atoms with E-state index < -0.39 is 5.54 Å². The highest BCUT2D eigenvalue weighted by Gasteiger charge is 2.28. The first-order valence-corrected chi connectivity index (χ1v) is 23.3. The van der Waals surface area contributed by atoms with E-state index >= 15 is 0 Å². The molecule has 0 saturated carbocycles. The Morgan fingerprint density at radius 2 is 1.03 bits per heavy atom. The van der Waals surface area contributed by atoms with Crippen LogP contribution in [0.2, 0.25) is 0 Å². The number of nitrogens with two attached hydrogens (primary N) is 1. The van der Waals surface area contributed by atoms with Crippen LogP contribution in [0.4, 0.5) is 0 Å². The fourth-order valence-electron chi connectivity index (χ4n) is 6.19. The quantitative estimate of drug-likeness (QED) is 0.0443. The van der Waals surface area contributed by atoms with Gasteiger partial charge in [0.1, 0.15) is 17.2 Å². The van der Waals surface area contributed by atoms with Gasteiger partial charge in [0, 0.05) is 27.7 Å². The summed E-state index contributed by atoms with van der Waals surface area (Å²) in [6.07, 6.45) is 11.9. The van der Waals surface area contributed by atoms with Crippen molar-refractivity contribution in [2.45, 2.75) is 137 Å². The van der Waals surface area contributed by atoms with Crippen LogP contribution in [0.1, 0.15) is 117 Å². The zero-order valence-electron chi connectivity index (χ0n) is 40.6. The number of hydrogen-bond acceptors (Lipinski definition) is 9. The highest BCUT2D eigenvalue weighted by molar-refractivity contribution is 5.85. The molecule has 12 heteroatoms. The third kappa shape index (κ3) is 26.5. The van der Waals surface area contributed by atoms with Crippen molar-refractivity contribution >= 4 is 17.7 Å². The molecule has 0 unspecified atom stereocenters. The van der Waals surface area contributed by atoms with Crippen LogP contribution >= 0.6 is 0 Å². The van der Waals surface area contributed by atoms with Crippen LogP contribution in [-0.2, 0) is 33.6 Å². The third-order valence-electron chi connectivity index (χ3n) is 10.2. The largest absolute Gasteiger partial charge is 0.494 e. The Hall–Kier alpha value is -4.65. The molecule has 0 aliphatic heterocycles. The smallest absolute Gasteiger partial charge is 0.241 e. The van der Waals surface area contributed by atoms with Crippen LogP contribution in [-0.4, -0.2) is 101 Å². The second-order valence-electron chi connectivity index (χ2n) is 16.6. The first-order valence-electron chi connectivity index (χ1n) is 23.3. The number of likely N-dealkylation sites (N-methyl/N-ethyl adjacent to an activating group) is 2. The number of hydrogen-bond donors (Lipinski definition) is 5. The van der Waals surface area contributed by atoms with Crippen LogP contribution in [0.15, 0.2) is 72.8 Å². The summed E-state index contributed by atoms with van der Waals surface area (Å²) in [7, 11) is 5.22. The van der Waals surface area contributed by atoms with E-state index in [-0.39, 0.29) is 29.8 Å². The van der Waals surface area contributed by atoms with Gasteiger partial charge in [0.2, 0.25) is 17.7 Å². The molecule has 63 heavy (non-hydrogen) atoms. The molecule has 3 aromatic rings. The first-order chi connectivity index (χ1) is 30.2. The van der Waals surface area contributed by atoms with Crippen molar-refractivity contribution in [1.29, 1.82) is 0 Å². The predicted octanol–water partition coefficient (Wildman–Crippen LogP) is 7.65. The molecule has 0 radical (unpaired) electrons. The summed E-state index contributed by atoms with van der Waals surface area (Å²) < 4.78 is 17.2. The third-order valence-corrected chi connectivity index (χ3v) is 10.2. The number of carbonyl (C=O) groups is 3. The van der Waals surface area contributed by atoms with Gasteiger partial charge in [-0.2, -0.15) is 0 Å². The van der Waals surface area contributed by atoms with Crippen molar-refractivity contribution in [1.82, 2.24) is 26.2 Å². The Morgan fingerprint density at radius 3 is 1.43 bits per heavy atom. The molecule has 3 aromatic carbocycles. The molecule has 0 spiro atoms. The molecular weight excluding hydrogens is 793 g/mol. The minimum atomic E-state index is -0.545. The number of benzene rings is 3. The minimum absolute atomic E-state index is 0.0154. The van der Waals surface area contributed by atoms with Crippen molar-refractivity contribution in [3.8, 4) is 17.2 Å². The minimum Gasteiger partial charge on any atom is -0.494 e. The van der Waals surface area contributed by atoms with Crippen molar-refractivity contribution in [2.24, 2.45) is 5.73 Å². The molecule has 0 fully saturated rings. The van der Waals surface area contributed by atoms with E-state index in [2.05, 4.69) is 72.4 Å². The number of carbonyl (C=O) groups excluding carboxylic acids is 3. The Labute approximate surface area is 381 Å². The summed E-state index contributed by atoms with van der Waals surface area (Å²) in [5, 5.41) is 12.3. The van der Waals surface area contributed by atoms with Crippen LogP contribution in [0.5, 0.6) is 17.2 Å². The predicted molar refractivity (Wildman–Crippen MR) is 260 cm³/mol. The van der Waals surface area contributed by atoms with E-state index in [9.17, 15) is 14.4 Å². The average Bonchev–Trinajstić information content (AvgIpc) is 3.26. The summed E-state index contributed by atoms with van der Waals surface area (Å²) in [5.41, 5.74) is 8.28. The van der Waals surface area contributed by atoms with Gasteiger partial charge < -0.3 is 46.1 Å². The SMILES string of the molecule is CCCCCCOc1cccc(CCNC(C)(C)C(=O)N(C)C)c1.CCCCOc1cccc(CCN[C@@H](C)C(=O)NC)c1.CCCCOc1cccc(CCN[C@@H](C)C(N)=O)c1. The number of amides is 3. The van der Waals surface area contributed by atoms with Crippen molar-refractivity contribution in [3.63, 3.8) is 0 Å². The van der Waals surface area contributed by atoms with Gasteiger partial charge in [-0.05, 0) is 132 Å². The molecule has 6 N–H and O–H groups in total. The van der Waals surface area contributed by atoms with E-state index in [1.54, 1.807) is 33.0 Å². The molecular formula is C51H84N6O6. The summed E-state index contributed by atoms with van der Waals surface area (Å²) >= 11 is 0. The molecule has 0 aliphatic carbocycles. The van der Waals surface area contributed by atoms with Gasteiger partial charge in [-0.1, -0.05) is 89.3 Å². The van der Waals surface area contributed by atoms with E-state index in [1.807, 2.05) is 63.2 Å². The maximum absolute atomic E-state index is 12.1. The Morgan fingerprint density at radius 1 is 0.619 bits per heavy atom. The molecule has 0 heterocycles. The van der Waals surface area contributed by atoms with Crippen LogP contribution in [0.25, 0.3) is 0 Å². The number of rotatable bonds is 29. The number of nitrogens with zero attached hydrogens (tertiary/aromatic N) is 1. The molecule has 0 bridgehead atoms. The number of nitrogens with one attached hydrogen (secondary N) is 4. The van der Waals surface area contributed by atoms with Gasteiger partial charge in [-0.25, -0.2) is 0 Å². The van der Waals surface area contributed by atoms with Crippen molar-refractivity contribution in [2.75, 3.05) is 60.6 Å². The molecule has 0 saturated heterocycles. The Balaban J connectivity index is 0.000000476. The van der Waals surface area contributed by atoms with E-state index in [0.29, 0.717) is 0 Å². The second-order valence-corrected chi connectivity index (χ2v) is 16.6. The molecule has 0 aromatic heterocycles. The van der Waals surface area contributed by atoms with Crippen LogP contribution < -0.4 is 41.2 Å². The van der Waals surface area contributed by atoms with Crippen molar-refractivity contribution in [3.05, 3.63) is 89.5 Å². The van der Waals surface area contributed by atoms with Crippen LogP contribution in [0.3, 0.4) is 0 Å². The zero-order chi connectivity index (χ0) is 46.9. The average molecular weight is 877 g/mol. The fourth-order valence-corrected chi connectivity index (χ4v) is 6.19. The molecule has 3 rings (SSSR count). The number of primary amides is 1. The lowest BCUT2D eigenvalue weighted by Gasteiger charge is -2.28. The molecule has 2 atom stereocenters. The van der Waals surface area contributed by atoms with Gasteiger partial charge in [-0.3, -0.25) is 14.4 Å². The number of ether oxygens (including phenoxy) is 3. The first kappa shape index (κ1) is 56.4. The summed E-state index contributed by atoms with van der Waals surface area (Å²) in [6, 6.07) is 24.0. The standard InChI is InChI=1S/C20H34N2O2.C16H26N2O2.C15H24N2O2/c1-6-7-8-9-15-24-18-12-10-11-17(16-18)13-14-21-20(2,3)19(23)22(4)5;1-4-5-11-20-15-8-6-7-14(12-15)9-10-18-13(2)16(19)17-3;1-3-4-10-19-14-7-5-6-13(11-14)8-9-17-12(2)15(16)18/h10-12,16,21H,6-9,13-15H2,1-5H3;6-8,12-13,18H,4-5,9-11H2,1-3H3,(H,17,19);5-7,11-12,17H,3-4,8-10H2,1-2H3,(H2,16,18)/t;13-;12-/m.00/s1. The summed E-state index contributed by atoms with van der Waals surface area (Å²) in [6.45, 7) is 18.6. The van der Waals surface area contributed by atoms with Gasteiger partial charge in [0.25, 0.3) is 0 Å². The molecule has 354 valence electrons. The normalized spacial score (nSPS) is 11.8. The van der Waals surface area contributed by atoms with E-state index in [1.165, 1.54) is 36.0 Å². The van der Waals surface area contributed by atoms with E-state index in [4.69, 9.17) is 19.9 Å². The van der Waals surface area contributed by atoms with Crippen LogP contribution in [0, 0.1) is 0 Å². The van der Waals surface area contributed by atoms with Gasteiger partial charge in [-0.15, -0.1) is 0 Å². The highest BCUT2D eigenvalue weighted by Crippen LogP contribution is 2.17. The lowest BCUT2D eigenvalue weighted by molar-refractivity contribution is -0.134. The van der Waals surface area contributed by atoms with E-state index in [0.717, 1.165) is 108 Å². The summed E-state index contributed by atoms with van der Waals surface area (Å²) in [4.78, 5) is 36.0. The monoisotopic (exact) mass is 877 g/mol. The lowest BCUT2D eigenvalue weighted by atomic mass is 10.0. The van der Waals surface area contributed by atoms with Gasteiger partial charge >= 0.3 is 0 Å².